The highest BCUT2D eigenvalue weighted by Crippen LogP contribution is 2.22. The van der Waals surface area contributed by atoms with Crippen molar-refractivity contribution in [1.82, 2.24) is 4.90 Å². The smallest absolute Gasteiger partial charge is 0.129 e. The van der Waals surface area contributed by atoms with Crippen LogP contribution in [0.15, 0.2) is 18.2 Å². The van der Waals surface area contributed by atoms with Gasteiger partial charge in [0.05, 0.1) is 6.61 Å². The molecule has 2 rings (SSSR count). The molecule has 1 aromatic rings. The summed E-state index contributed by atoms with van der Waals surface area (Å²) in [5, 5.41) is 0. The molecule has 0 saturated carbocycles. The van der Waals surface area contributed by atoms with Gasteiger partial charge < -0.3 is 9.64 Å². The van der Waals surface area contributed by atoms with Crippen molar-refractivity contribution < 1.29 is 13.5 Å². The van der Waals surface area contributed by atoms with Crippen molar-refractivity contribution in [2.24, 2.45) is 5.92 Å². The van der Waals surface area contributed by atoms with Crippen LogP contribution in [0.5, 0.6) is 0 Å². The van der Waals surface area contributed by atoms with Crippen LogP contribution in [0.25, 0.3) is 0 Å². The number of likely N-dealkylation sites (tertiary alicyclic amines) is 1. The molecule has 118 valence electrons. The number of benzene rings is 1. The number of piperidine rings is 1. The third kappa shape index (κ3) is 5.36. The zero-order valence-corrected chi connectivity index (χ0v) is 12.8. The first kappa shape index (κ1) is 16.4. The minimum absolute atomic E-state index is 0.418. The van der Waals surface area contributed by atoms with E-state index in [9.17, 15) is 8.78 Å². The Morgan fingerprint density at radius 3 is 2.95 bits per heavy atom. The summed E-state index contributed by atoms with van der Waals surface area (Å²) in [5.41, 5.74) is 0.628. The predicted octanol–water partition coefficient (Wildman–Crippen LogP) is 3.65. The number of rotatable bonds is 7. The SMILES string of the molecule is CCOCCN1CCCC(CCc2ccc(F)cc2F)C1. The lowest BCUT2D eigenvalue weighted by Crippen LogP contribution is -2.37. The molecule has 1 atom stereocenters. The van der Waals surface area contributed by atoms with Crippen LogP contribution in [0, 0.1) is 17.6 Å². The maximum atomic E-state index is 13.6. The minimum Gasteiger partial charge on any atom is -0.380 e. The highest BCUT2D eigenvalue weighted by molar-refractivity contribution is 5.18. The Kier molecular flexibility index (Phi) is 6.58. The average Bonchev–Trinajstić information content (AvgIpc) is 2.47. The van der Waals surface area contributed by atoms with E-state index < -0.39 is 11.6 Å². The summed E-state index contributed by atoms with van der Waals surface area (Å²) in [5.74, 6) is -0.320. The Balaban J connectivity index is 1.77. The molecule has 0 bridgehead atoms. The lowest BCUT2D eigenvalue weighted by molar-refractivity contribution is 0.0903. The van der Waals surface area contributed by atoms with Crippen molar-refractivity contribution in [3.05, 3.63) is 35.4 Å². The molecule has 2 nitrogen and oxygen atoms in total. The molecular weight excluding hydrogens is 272 g/mol. The summed E-state index contributed by atoms with van der Waals surface area (Å²) < 4.78 is 31.9. The Bertz CT molecular complexity index is 439. The Morgan fingerprint density at radius 2 is 2.19 bits per heavy atom. The fourth-order valence-corrected chi connectivity index (χ4v) is 3.01. The van der Waals surface area contributed by atoms with E-state index in [1.807, 2.05) is 6.92 Å². The second-order valence-electron chi connectivity index (χ2n) is 5.78. The van der Waals surface area contributed by atoms with Gasteiger partial charge in [0.1, 0.15) is 11.6 Å². The predicted molar refractivity (Wildman–Crippen MR) is 80.3 cm³/mol. The number of aryl methyl sites for hydroxylation is 1. The van der Waals surface area contributed by atoms with Crippen molar-refractivity contribution in [1.29, 1.82) is 0 Å². The van der Waals surface area contributed by atoms with Gasteiger partial charge in [-0.2, -0.15) is 0 Å². The average molecular weight is 297 g/mol. The molecule has 0 aromatic heterocycles. The second-order valence-corrected chi connectivity index (χ2v) is 5.78. The standard InChI is InChI=1S/C17H25F2NO/c1-2-21-11-10-20-9-3-4-14(13-20)5-6-15-7-8-16(18)12-17(15)19/h7-8,12,14H,2-6,9-11,13H2,1H3. The fraction of sp³-hybridized carbons (Fsp3) is 0.647. The van der Waals surface area contributed by atoms with E-state index in [2.05, 4.69) is 4.90 Å². The molecule has 0 spiro atoms. The van der Waals surface area contributed by atoms with Gasteiger partial charge >= 0.3 is 0 Å². The lowest BCUT2D eigenvalue weighted by atomic mass is 9.91. The first-order valence-corrected chi connectivity index (χ1v) is 7.93. The summed E-state index contributed by atoms with van der Waals surface area (Å²) in [7, 11) is 0. The van der Waals surface area contributed by atoms with Crippen molar-refractivity contribution >= 4 is 0 Å². The zero-order chi connectivity index (χ0) is 15.1. The zero-order valence-electron chi connectivity index (χ0n) is 12.8. The summed E-state index contributed by atoms with van der Waals surface area (Å²) in [6.07, 6.45) is 4.06. The Morgan fingerprint density at radius 1 is 1.33 bits per heavy atom. The van der Waals surface area contributed by atoms with E-state index in [1.54, 1.807) is 6.07 Å². The van der Waals surface area contributed by atoms with E-state index in [4.69, 9.17) is 4.74 Å². The molecule has 1 unspecified atom stereocenters. The molecule has 0 aliphatic carbocycles. The first-order valence-electron chi connectivity index (χ1n) is 7.93. The van der Waals surface area contributed by atoms with Crippen LogP contribution >= 0.6 is 0 Å². The van der Waals surface area contributed by atoms with Crippen LogP contribution < -0.4 is 0 Å². The fourth-order valence-electron chi connectivity index (χ4n) is 3.01. The molecule has 0 N–H and O–H groups in total. The van der Waals surface area contributed by atoms with Crippen molar-refractivity contribution in [3.8, 4) is 0 Å². The summed E-state index contributed by atoms with van der Waals surface area (Å²) in [6, 6.07) is 3.89. The molecule has 4 heteroatoms. The molecule has 1 fully saturated rings. The number of nitrogens with zero attached hydrogens (tertiary/aromatic N) is 1. The van der Waals surface area contributed by atoms with Gasteiger partial charge in [-0.1, -0.05) is 6.07 Å². The van der Waals surface area contributed by atoms with Crippen LogP contribution in [-0.2, 0) is 11.2 Å². The maximum Gasteiger partial charge on any atom is 0.129 e. The third-order valence-corrected chi connectivity index (χ3v) is 4.20. The van der Waals surface area contributed by atoms with Crippen molar-refractivity contribution in [2.75, 3.05) is 32.8 Å². The van der Waals surface area contributed by atoms with Gasteiger partial charge in [0.25, 0.3) is 0 Å². The van der Waals surface area contributed by atoms with Gasteiger partial charge in [-0.05, 0) is 56.7 Å². The van der Waals surface area contributed by atoms with E-state index >= 15 is 0 Å². The van der Waals surface area contributed by atoms with E-state index in [1.165, 1.54) is 18.9 Å². The Labute approximate surface area is 126 Å². The molecule has 1 aromatic carbocycles. The number of hydrogen-bond acceptors (Lipinski definition) is 2. The molecule has 1 heterocycles. The van der Waals surface area contributed by atoms with Crippen molar-refractivity contribution in [2.45, 2.75) is 32.6 Å². The van der Waals surface area contributed by atoms with Gasteiger partial charge in [-0.15, -0.1) is 0 Å². The second kappa shape index (κ2) is 8.44. The van der Waals surface area contributed by atoms with Gasteiger partial charge in [0.15, 0.2) is 0 Å². The molecule has 1 aliphatic heterocycles. The lowest BCUT2D eigenvalue weighted by Gasteiger charge is -2.32. The summed E-state index contributed by atoms with van der Waals surface area (Å²) in [6.45, 7) is 6.74. The van der Waals surface area contributed by atoms with Crippen LogP contribution in [0.4, 0.5) is 8.78 Å². The molecule has 0 amide bonds. The highest BCUT2D eigenvalue weighted by atomic mass is 19.1. The van der Waals surface area contributed by atoms with Gasteiger partial charge in [-0.3, -0.25) is 0 Å². The molecule has 21 heavy (non-hydrogen) atoms. The third-order valence-electron chi connectivity index (χ3n) is 4.20. The van der Waals surface area contributed by atoms with E-state index in [0.717, 1.165) is 45.3 Å². The first-order chi connectivity index (χ1) is 10.2. The minimum atomic E-state index is -0.504. The van der Waals surface area contributed by atoms with Crippen molar-refractivity contribution in [3.63, 3.8) is 0 Å². The molecule has 1 aliphatic rings. The topological polar surface area (TPSA) is 12.5 Å². The molecule has 1 saturated heterocycles. The monoisotopic (exact) mass is 297 g/mol. The van der Waals surface area contributed by atoms with Gasteiger partial charge in [0, 0.05) is 25.8 Å². The van der Waals surface area contributed by atoms with E-state index in [0.29, 0.717) is 17.9 Å². The van der Waals surface area contributed by atoms with Crippen LogP contribution in [-0.4, -0.2) is 37.7 Å². The normalized spacial score (nSPS) is 19.9. The van der Waals surface area contributed by atoms with Gasteiger partial charge in [0.2, 0.25) is 0 Å². The largest absolute Gasteiger partial charge is 0.380 e. The molecular formula is C17H25F2NO. The van der Waals surface area contributed by atoms with Gasteiger partial charge in [-0.25, -0.2) is 8.78 Å². The van der Waals surface area contributed by atoms with Crippen LogP contribution in [0.3, 0.4) is 0 Å². The quantitative estimate of drug-likeness (QED) is 0.712. The number of hydrogen-bond donors (Lipinski definition) is 0. The molecule has 0 radical (unpaired) electrons. The summed E-state index contributed by atoms with van der Waals surface area (Å²) >= 11 is 0. The number of halogens is 2. The van der Waals surface area contributed by atoms with E-state index in [-0.39, 0.29) is 0 Å². The summed E-state index contributed by atoms with van der Waals surface area (Å²) in [4.78, 5) is 2.44. The highest BCUT2D eigenvalue weighted by Gasteiger charge is 2.19. The maximum absolute atomic E-state index is 13.6. The Hall–Kier alpha value is -1.00. The van der Waals surface area contributed by atoms with Crippen LogP contribution in [0.2, 0.25) is 0 Å². The van der Waals surface area contributed by atoms with Crippen LogP contribution in [0.1, 0.15) is 31.7 Å². The number of ether oxygens (including phenoxy) is 1.